The summed E-state index contributed by atoms with van der Waals surface area (Å²) in [6, 6.07) is 13.8. The molecule has 0 spiro atoms. The molecule has 22 heavy (non-hydrogen) atoms. The summed E-state index contributed by atoms with van der Waals surface area (Å²) < 4.78 is 11.0. The minimum absolute atomic E-state index is 0.518. The van der Waals surface area contributed by atoms with Gasteiger partial charge in [0, 0.05) is 5.56 Å². The van der Waals surface area contributed by atoms with Gasteiger partial charge in [-0.05, 0) is 60.7 Å². The number of benzene rings is 2. The molecular formula is C18H19NO3. The second kappa shape index (κ2) is 6.52. The lowest BCUT2D eigenvalue weighted by Crippen LogP contribution is -2.12. The predicted octanol–water partition coefficient (Wildman–Crippen LogP) is 3.79. The molecule has 3 rings (SSSR count). The quantitative estimate of drug-likeness (QED) is 0.690. The molecule has 0 aliphatic heterocycles. The normalized spacial score (nSPS) is 15.4. The zero-order valence-corrected chi connectivity index (χ0v) is 12.6. The van der Waals surface area contributed by atoms with Crippen molar-refractivity contribution in [2.45, 2.75) is 25.9 Å². The van der Waals surface area contributed by atoms with Gasteiger partial charge in [0.05, 0.1) is 12.8 Å². The first-order chi connectivity index (χ1) is 10.8. The highest BCUT2D eigenvalue weighted by Gasteiger charge is 2.16. The second-order valence-electron chi connectivity index (χ2n) is 5.36. The van der Waals surface area contributed by atoms with Gasteiger partial charge in [-0.2, -0.15) is 0 Å². The third kappa shape index (κ3) is 3.06. The molecule has 1 N–H and O–H groups in total. The van der Waals surface area contributed by atoms with Gasteiger partial charge < -0.3 is 14.7 Å². The van der Waals surface area contributed by atoms with Crippen molar-refractivity contribution in [3.63, 3.8) is 0 Å². The van der Waals surface area contributed by atoms with E-state index in [-0.39, 0.29) is 0 Å². The molecule has 0 atom stereocenters. The van der Waals surface area contributed by atoms with Crippen LogP contribution in [0.1, 0.15) is 29.5 Å². The first kappa shape index (κ1) is 14.4. The third-order valence-electron chi connectivity index (χ3n) is 3.93. The van der Waals surface area contributed by atoms with Gasteiger partial charge in [0.1, 0.15) is 18.1 Å². The van der Waals surface area contributed by atoms with Crippen LogP contribution in [0.2, 0.25) is 0 Å². The van der Waals surface area contributed by atoms with E-state index < -0.39 is 0 Å². The maximum atomic E-state index is 9.05. The molecule has 1 aliphatic carbocycles. The number of methoxy groups -OCH3 is 1. The van der Waals surface area contributed by atoms with Gasteiger partial charge in [-0.15, -0.1) is 0 Å². The zero-order chi connectivity index (χ0) is 15.4. The minimum atomic E-state index is 0.518. The SMILES string of the molecule is COc1ccc(COc2ccc3c(c2)CCC/C3=N\O)cc1. The monoisotopic (exact) mass is 297 g/mol. The Morgan fingerprint density at radius 2 is 1.82 bits per heavy atom. The molecule has 0 heterocycles. The molecule has 0 saturated heterocycles. The molecule has 0 amide bonds. The Morgan fingerprint density at radius 1 is 1.05 bits per heavy atom. The smallest absolute Gasteiger partial charge is 0.120 e. The van der Waals surface area contributed by atoms with E-state index in [0.717, 1.165) is 47.6 Å². The van der Waals surface area contributed by atoms with Crippen molar-refractivity contribution in [3.8, 4) is 11.5 Å². The van der Waals surface area contributed by atoms with E-state index in [1.54, 1.807) is 7.11 Å². The number of oxime groups is 1. The van der Waals surface area contributed by atoms with E-state index in [1.807, 2.05) is 42.5 Å². The van der Waals surface area contributed by atoms with Gasteiger partial charge in [0.15, 0.2) is 0 Å². The lowest BCUT2D eigenvalue weighted by molar-refractivity contribution is 0.305. The summed E-state index contributed by atoms with van der Waals surface area (Å²) >= 11 is 0. The molecule has 0 fully saturated rings. The van der Waals surface area contributed by atoms with Crippen LogP contribution in [0.25, 0.3) is 0 Å². The van der Waals surface area contributed by atoms with Crippen molar-refractivity contribution in [1.82, 2.24) is 0 Å². The predicted molar refractivity (Wildman–Crippen MR) is 85.0 cm³/mol. The molecule has 114 valence electrons. The standard InChI is InChI=1S/C18H19NO3/c1-21-15-7-5-13(6-8-15)12-22-16-9-10-17-14(11-16)3-2-4-18(17)19-20/h5-11,20H,2-4,12H2,1H3/b19-18+. The summed E-state index contributed by atoms with van der Waals surface area (Å²) in [6.07, 6.45) is 2.83. The molecule has 2 aromatic carbocycles. The summed E-state index contributed by atoms with van der Waals surface area (Å²) in [7, 11) is 1.66. The zero-order valence-electron chi connectivity index (χ0n) is 12.6. The molecule has 0 saturated carbocycles. The molecular weight excluding hydrogens is 278 g/mol. The summed E-state index contributed by atoms with van der Waals surface area (Å²) in [5.74, 6) is 1.68. The number of hydrogen-bond donors (Lipinski definition) is 1. The molecule has 0 radical (unpaired) electrons. The third-order valence-corrected chi connectivity index (χ3v) is 3.93. The Kier molecular flexibility index (Phi) is 4.28. The van der Waals surface area contributed by atoms with Crippen molar-refractivity contribution in [1.29, 1.82) is 0 Å². The average molecular weight is 297 g/mol. The highest BCUT2D eigenvalue weighted by Crippen LogP contribution is 2.26. The van der Waals surface area contributed by atoms with E-state index in [2.05, 4.69) is 5.16 Å². The van der Waals surface area contributed by atoms with Gasteiger partial charge in [0.2, 0.25) is 0 Å². The van der Waals surface area contributed by atoms with Crippen LogP contribution in [0, 0.1) is 0 Å². The maximum absolute atomic E-state index is 9.05. The van der Waals surface area contributed by atoms with Crippen molar-refractivity contribution >= 4 is 5.71 Å². The van der Waals surface area contributed by atoms with E-state index in [1.165, 1.54) is 5.56 Å². The van der Waals surface area contributed by atoms with Crippen LogP contribution in [0.15, 0.2) is 47.6 Å². The van der Waals surface area contributed by atoms with Gasteiger partial charge in [-0.1, -0.05) is 17.3 Å². The molecule has 0 bridgehead atoms. The number of aryl methyl sites for hydroxylation is 1. The Hall–Kier alpha value is -2.49. The van der Waals surface area contributed by atoms with E-state index in [9.17, 15) is 0 Å². The number of hydrogen-bond acceptors (Lipinski definition) is 4. The molecule has 1 aliphatic rings. The molecule has 0 aromatic heterocycles. The van der Waals surface area contributed by atoms with Crippen LogP contribution in [0.4, 0.5) is 0 Å². The second-order valence-corrected chi connectivity index (χ2v) is 5.36. The van der Waals surface area contributed by atoms with E-state index in [0.29, 0.717) is 6.61 Å². The number of fused-ring (bicyclic) bond motifs is 1. The summed E-state index contributed by atoms with van der Waals surface area (Å²) in [4.78, 5) is 0. The van der Waals surface area contributed by atoms with E-state index >= 15 is 0 Å². The van der Waals surface area contributed by atoms with Gasteiger partial charge in [-0.3, -0.25) is 0 Å². The molecule has 0 unspecified atom stereocenters. The fourth-order valence-corrected chi connectivity index (χ4v) is 2.72. The maximum Gasteiger partial charge on any atom is 0.120 e. The Morgan fingerprint density at radius 3 is 2.55 bits per heavy atom. The van der Waals surface area contributed by atoms with Crippen molar-refractivity contribution in [2.75, 3.05) is 7.11 Å². The van der Waals surface area contributed by atoms with Gasteiger partial charge in [0.25, 0.3) is 0 Å². The fraction of sp³-hybridized carbons (Fsp3) is 0.278. The number of rotatable bonds is 4. The molecule has 4 heteroatoms. The Bertz CT molecular complexity index is 677. The van der Waals surface area contributed by atoms with Crippen LogP contribution in [0.5, 0.6) is 11.5 Å². The lowest BCUT2D eigenvalue weighted by atomic mass is 9.90. The highest BCUT2D eigenvalue weighted by molar-refractivity contribution is 6.02. The topological polar surface area (TPSA) is 51.0 Å². The lowest BCUT2D eigenvalue weighted by Gasteiger charge is -2.18. The van der Waals surface area contributed by atoms with E-state index in [4.69, 9.17) is 14.7 Å². The Balaban J connectivity index is 1.70. The van der Waals surface area contributed by atoms with Crippen molar-refractivity contribution < 1.29 is 14.7 Å². The van der Waals surface area contributed by atoms with Crippen molar-refractivity contribution in [2.24, 2.45) is 5.16 Å². The molecule has 2 aromatic rings. The van der Waals surface area contributed by atoms with Gasteiger partial charge in [-0.25, -0.2) is 0 Å². The van der Waals surface area contributed by atoms with Crippen LogP contribution >= 0.6 is 0 Å². The summed E-state index contributed by atoms with van der Waals surface area (Å²) in [5, 5.41) is 12.4. The summed E-state index contributed by atoms with van der Waals surface area (Å²) in [5.41, 5.74) is 4.08. The van der Waals surface area contributed by atoms with Gasteiger partial charge >= 0.3 is 0 Å². The summed E-state index contributed by atoms with van der Waals surface area (Å²) in [6.45, 7) is 0.518. The largest absolute Gasteiger partial charge is 0.497 e. The highest BCUT2D eigenvalue weighted by atomic mass is 16.5. The molecule has 4 nitrogen and oxygen atoms in total. The first-order valence-corrected chi connectivity index (χ1v) is 7.40. The Labute approximate surface area is 130 Å². The average Bonchev–Trinajstić information content (AvgIpc) is 2.59. The first-order valence-electron chi connectivity index (χ1n) is 7.40. The van der Waals surface area contributed by atoms with Crippen LogP contribution in [0.3, 0.4) is 0 Å². The minimum Gasteiger partial charge on any atom is -0.497 e. The van der Waals surface area contributed by atoms with Crippen LogP contribution < -0.4 is 9.47 Å². The number of nitrogens with zero attached hydrogens (tertiary/aromatic N) is 1. The van der Waals surface area contributed by atoms with Crippen molar-refractivity contribution in [3.05, 3.63) is 59.2 Å². The fourth-order valence-electron chi connectivity index (χ4n) is 2.72. The number of ether oxygens (including phenoxy) is 2. The van der Waals surface area contributed by atoms with Crippen LogP contribution in [-0.2, 0) is 13.0 Å². The van der Waals surface area contributed by atoms with Crippen LogP contribution in [-0.4, -0.2) is 18.0 Å².